The van der Waals surface area contributed by atoms with Crippen molar-refractivity contribution in [3.05, 3.63) is 33.8 Å². The molecule has 0 aliphatic rings. The van der Waals surface area contributed by atoms with Gasteiger partial charge in [-0.05, 0) is 40.0 Å². The Morgan fingerprint density at radius 2 is 2.06 bits per heavy atom. The molecule has 1 rings (SSSR count). The lowest BCUT2D eigenvalue weighted by atomic mass is 10.0. The van der Waals surface area contributed by atoms with Crippen LogP contribution in [-0.2, 0) is 0 Å². The minimum atomic E-state index is -1.14. The molecule has 1 aromatic carbocycles. The number of carboxylic acid groups (broad SMARTS) is 1. The Bertz CT molecular complexity index is 410. The third-order valence-corrected chi connectivity index (χ3v) is 3.24. The Balaban J connectivity index is 2.99. The first-order valence-corrected chi connectivity index (χ1v) is 6.25. The molecular formula is C11H12BrClO4. The molecule has 0 saturated heterocycles. The van der Waals surface area contributed by atoms with E-state index in [0.29, 0.717) is 10.0 Å². The first kappa shape index (κ1) is 14.4. The first-order chi connectivity index (χ1) is 7.97. The number of aliphatic hydroxyl groups is 2. The predicted octanol–water partition coefficient (Wildman–Crippen LogP) is 2.17. The van der Waals surface area contributed by atoms with Gasteiger partial charge in [0, 0.05) is 10.4 Å². The second kappa shape index (κ2) is 6.35. The fourth-order valence-corrected chi connectivity index (χ4v) is 2.02. The van der Waals surface area contributed by atoms with E-state index in [9.17, 15) is 15.0 Å². The molecule has 0 heterocycles. The molecule has 0 saturated carbocycles. The number of hydrogen-bond acceptors (Lipinski definition) is 3. The summed E-state index contributed by atoms with van der Waals surface area (Å²) in [5.41, 5.74) is 0.392. The molecule has 0 aromatic heterocycles. The lowest BCUT2D eigenvalue weighted by Gasteiger charge is -2.17. The molecule has 0 radical (unpaired) electrons. The summed E-state index contributed by atoms with van der Waals surface area (Å²) in [6.45, 7) is 0. The van der Waals surface area contributed by atoms with Crippen molar-refractivity contribution in [3.8, 4) is 0 Å². The average molecular weight is 324 g/mol. The zero-order valence-electron chi connectivity index (χ0n) is 8.81. The Morgan fingerprint density at radius 3 is 2.59 bits per heavy atom. The molecule has 0 fully saturated rings. The van der Waals surface area contributed by atoms with Crippen LogP contribution >= 0.6 is 27.5 Å². The highest BCUT2D eigenvalue weighted by molar-refractivity contribution is 9.10. The second-order valence-electron chi connectivity index (χ2n) is 3.53. The Kier molecular flexibility index (Phi) is 5.39. The number of halogens is 2. The van der Waals surface area contributed by atoms with Crippen molar-refractivity contribution in [2.45, 2.75) is 18.6 Å². The fraction of sp³-hybridized carbons (Fsp3) is 0.364. The van der Waals surface area contributed by atoms with Crippen LogP contribution < -0.4 is 0 Å². The van der Waals surface area contributed by atoms with Crippen LogP contribution in [0.2, 0.25) is 0 Å². The van der Waals surface area contributed by atoms with Crippen LogP contribution in [0, 0.1) is 0 Å². The van der Waals surface area contributed by atoms with E-state index in [-0.39, 0.29) is 17.9 Å². The van der Waals surface area contributed by atoms with Crippen LogP contribution in [0.3, 0.4) is 0 Å². The molecule has 0 spiro atoms. The summed E-state index contributed by atoms with van der Waals surface area (Å²) < 4.78 is 0.424. The Hall–Kier alpha value is -0.620. The SMILES string of the molecule is O=C(O)c1cc(C(O)C(O)CCCl)ccc1Br. The van der Waals surface area contributed by atoms with Crippen LogP contribution in [0.4, 0.5) is 0 Å². The number of carbonyl (C=O) groups is 1. The normalized spacial score (nSPS) is 14.4. The summed E-state index contributed by atoms with van der Waals surface area (Å²) in [4.78, 5) is 10.9. The maximum Gasteiger partial charge on any atom is 0.336 e. The van der Waals surface area contributed by atoms with Crippen LogP contribution in [-0.4, -0.2) is 33.3 Å². The van der Waals surface area contributed by atoms with Gasteiger partial charge in [-0.2, -0.15) is 0 Å². The molecule has 2 unspecified atom stereocenters. The summed E-state index contributed by atoms with van der Waals surface area (Å²) in [6.07, 6.45) is -1.91. The summed E-state index contributed by atoms with van der Waals surface area (Å²) in [7, 11) is 0. The Morgan fingerprint density at radius 1 is 1.41 bits per heavy atom. The van der Waals surface area contributed by atoms with Gasteiger partial charge in [0.15, 0.2) is 0 Å². The van der Waals surface area contributed by atoms with E-state index >= 15 is 0 Å². The van der Waals surface area contributed by atoms with Crippen LogP contribution in [0.25, 0.3) is 0 Å². The van der Waals surface area contributed by atoms with Crippen molar-refractivity contribution >= 4 is 33.5 Å². The topological polar surface area (TPSA) is 77.8 Å². The van der Waals surface area contributed by atoms with Gasteiger partial charge in [0.1, 0.15) is 6.10 Å². The monoisotopic (exact) mass is 322 g/mol. The molecule has 4 nitrogen and oxygen atoms in total. The molecular weight excluding hydrogens is 311 g/mol. The third-order valence-electron chi connectivity index (χ3n) is 2.33. The molecule has 3 N–H and O–H groups in total. The Labute approximate surface area is 112 Å². The van der Waals surface area contributed by atoms with E-state index < -0.39 is 18.2 Å². The lowest BCUT2D eigenvalue weighted by molar-refractivity contribution is 0.0169. The van der Waals surface area contributed by atoms with Gasteiger partial charge in [-0.15, -0.1) is 11.6 Å². The molecule has 0 amide bonds. The van der Waals surface area contributed by atoms with E-state index in [2.05, 4.69) is 15.9 Å². The van der Waals surface area contributed by atoms with Gasteiger partial charge >= 0.3 is 5.97 Å². The summed E-state index contributed by atoms with van der Waals surface area (Å²) in [5, 5.41) is 28.3. The minimum absolute atomic E-state index is 0.0413. The molecule has 2 atom stereocenters. The van der Waals surface area contributed by atoms with E-state index in [4.69, 9.17) is 16.7 Å². The zero-order chi connectivity index (χ0) is 13.0. The van der Waals surface area contributed by atoms with Gasteiger partial charge in [-0.3, -0.25) is 0 Å². The molecule has 94 valence electrons. The predicted molar refractivity (Wildman–Crippen MR) is 67.4 cm³/mol. The van der Waals surface area contributed by atoms with Gasteiger partial charge in [-0.25, -0.2) is 4.79 Å². The molecule has 0 bridgehead atoms. The summed E-state index contributed by atoms with van der Waals surface area (Å²) in [6, 6.07) is 4.41. The van der Waals surface area contributed by atoms with E-state index in [0.717, 1.165) is 0 Å². The van der Waals surface area contributed by atoms with Gasteiger partial charge in [0.25, 0.3) is 0 Å². The molecule has 1 aromatic rings. The lowest BCUT2D eigenvalue weighted by Crippen LogP contribution is -2.19. The van der Waals surface area contributed by atoms with Crippen LogP contribution in [0.1, 0.15) is 28.4 Å². The highest BCUT2D eigenvalue weighted by atomic mass is 79.9. The minimum Gasteiger partial charge on any atom is -0.478 e. The number of rotatable bonds is 5. The van der Waals surface area contributed by atoms with Gasteiger partial charge in [-0.1, -0.05) is 6.07 Å². The van der Waals surface area contributed by atoms with Gasteiger partial charge in [0.05, 0.1) is 11.7 Å². The number of hydrogen-bond donors (Lipinski definition) is 3. The van der Waals surface area contributed by atoms with E-state index in [1.54, 1.807) is 6.07 Å². The molecule has 17 heavy (non-hydrogen) atoms. The van der Waals surface area contributed by atoms with Crippen molar-refractivity contribution in [2.75, 3.05) is 5.88 Å². The molecule has 6 heteroatoms. The number of carboxylic acids is 1. The van der Waals surface area contributed by atoms with Crippen LogP contribution in [0.15, 0.2) is 22.7 Å². The highest BCUT2D eigenvalue weighted by Crippen LogP contribution is 2.25. The van der Waals surface area contributed by atoms with Crippen molar-refractivity contribution in [1.29, 1.82) is 0 Å². The summed E-state index contributed by atoms with van der Waals surface area (Å²) >= 11 is 8.56. The number of alkyl halides is 1. The maximum atomic E-state index is 10.9. The average Bonchev–Trinajstić information content (AvgIpc) is 2.28. The maximum absolute atomic E-state index is 10.9. The number of benzene rings is 1. The molecule has 0 aliphatic carbocycles. The van der Waals surface area contributed by atoms with Gasteiger partial charge in [0.2, 0.25) is 0 Å². The number of aromatic carboxylic acids is 1. The van der Waals surface area contributed by atoms with E-state index in [1.165, 1.54) is 12.1 Å². The van der Waals surface area contributed by atoms with Crippen LogP contribution in [0.5, 0.6) is 0 Å². The second-order valence-corrected chi connectivity index (χ2v) is 4.77. The van der Waals surface area contributed by atoms with Crippen molar-refractivity contribution < 1.29 is 20.1 Å². The zero-order valence-corrected chi connectivity index (χ0v) is 11.1. The fourth-order valence-electron chi connectivity index (χ4n) is 1.38. The number of aliphatic hydroxyl groups excluding tert-OH is 2. The van der Waals surface area contributed by atoms with Gasteiger partial charge < -0.3 is 15.3 Å². The summed E-state index contributed by atoms with van der Waals surface area (Å²) in [5.74, 6) is -0.877. The standard InChI is InChI=1S/C11H12BrClO4/c12-8-2-1-6(5-7(8)11(16)17)10(15)9(14)3-4-13/h1-2,5,9-10,14-15H,3-4H2,(H,16,17). The third kappa shape index (κ3) is 3.67. The quantitative estimate of drug-likeness (QED) is 0.726. The van der Waals surface area contributed by atoms with Crippen molar-refractivity contribution in [1.82, 2.24) is 0 Å². The molecule has 0 aliphatic heterocycles. The highest BCUT2D eigenvalue weighted by Gasteiger charge is 2.20. The van der Waals surface area contributed by atoms with Crippen molar-refractivity contribution in [3.63, 3.8) is 0 Å². The van der Waals surface area contributed by atoms with Crippen molar-refractivity contribution in [2.24, 2.45) is 0 Å². The largest absolute Gasteiger partial charge is 0.478 e. The van der Waals surface area contributed by atoms with E-state index in [1.807, 2.05) is 0 Å². The smallest absolute Gasteiger partial charge is 0.336 e. The first-order valence-electron chi connectivity index (χ1n) is 4.92.